The Morgan fingerprint density at radius 1 is 0.708 bits per heavy atom. The number of ether oxygens (including phenoxy) is 1. The van der Waals surface area contributed by atoms with E-state index < -0.39 is 0 Å². The van der Waals surface area contributed by atoms with Crippen LogP contribution in [0.25, 0.3) is 0 Å². The van der Waals surface area contributed by atoms with E-state index in [0.717, 1.165) is 50.5 Å². The fourth-order valence-corrected chi connectivity index (χ4v) is 2.89. The first kappa shape index (κ1) is 22.9. The molecule has 140 valence electrons. The van der Waals surface area contributed by atoms with Crippen molar-refractivity contribution >= 4 is 11.9 Å². The van der Waals surface area contributed by atoms with E-state index in [1.807, 2.05) is 6.92 Å². The fourth-order valence-electron chi connectivity index (χ4n) is 2.89. The van der Waals surface area contributed by atoms with Gasteiger partial charge >= 0.3 is 5.97 Å². The fraction of sp³-hybridized carbons (Fsp3) is 0.857. The van der Waals surface area contributed by atoms with Crippen molar-refractivity contribution in [3.63, 3.8) is 0 Å². The molecule has 0 heterocycles. The largest absolute Gasteiger partial charge is 0.466 e. The monoisotopic (exact) mass is 338 g/mol. The van der Waals surface area contributed by atoms with Gasteiger partial charge < -0.3 is 4.74 Å². The second-order valence-corrected chi connectivity index (χ2v) is 6.65. The highest BCUT2D eigenvalue weighted by atomic mass is 16.5. The number of carbonyl (C=O) groups excluding carboxylic acids is 2. The van der Waals surface area contributed by atoms with Crippen molar-refractivity contribution in [2.75, 3.05) is 6.61 Å². The summed E-state index contributed by atoms with van der Waals surface area (Å²) in [6.07, 6.45) is 16.6. The standard InChI is InChI=1S/C21H38O3/c1-3-5-6-7-10-13-16-20(19-22)17-14-11-8-9-12-15-18-21(23)24-4-2/h3-18H2,1-2H3. The molecular weight excluding hydrogens is 300 g/mol. The molecule has 0 amide bonds. The summed E-state index contributed by atoms with van der Waals surface area (Å²) in [7, 11) is 0. The lowest BCUT2D eigenvalue weighted by Crippen LogP contribution is -2.03. The third kappa shape index (κ3) is 15.8. The SMILES string of the molecule is CCCCCCCCC(=C=O)CCCCCCCCC(=O)OCC. The highest BCUT2D eigenvalue weighted by Crippen LogP contribution is 2.16. The van der Waals surface area contributed by atoms with Gasteiger partial charge in [0.25, 0.3) is 0 Å². The maximum absolute atomic E-state index is 11.2. The Morgan fingerprint density at radius 3 is 1.62 bits per heavy atom. The molecule has 0 rings (SSSR count). The Balaban J connectivity index is 3.41. The van der Waals surface area contributed by atoms with Crippen LogP contribution in [0.5, 0.6) is 0 Å². The zero-order valence-corrected chi connectivity index (χ0v) is 16.0. The van der Waals surface area contributed by atoms with E-state index >= 15 is 0 Å². The van der Waals surface area contributed by atoms with Gasteiger partial charge in [-0.05, 0) is 39.0 Å². The molecule has 0 aromatic carbocycles. The van der Waals surface area contributed by atoms with Gasteiger partial charge in [-0.25, -0.2) is 4.79 Å². The van der Waals surface area contributed by atoms with Crippen LogP contribution < -0.4 is 0 Å². The van der Waals surface area contributed by atoms with Gasteiger partial charge in [0, 0.05) is 12.0 Å². The molecule has 0 aliphatic rings. The van der Waals surface area contributed by atoms with Gasteiger partial charge in [-0.1, -0.05) is 64.7 Å². The molecule has 0 bridgehead atoms. The average Bonchev–Trinajstić information content (AvgIpc) is 2.58. The van der Waals surface area contributed by atoms with Gasteiger partial charge in [0.05, 0.1) is 6.61 Å². The Labute approximate surface area is 149 Å². The molecule has 0 spiro atoms. The van der Waals surface area contributed by atoms with Gasteiger partial charge in [0.15, 0.2) is 0 Å². The number of esters is 1. The van der Waals surface area contributed by atoms with Crippen LogP contribution in [0, 0.1) is 0 Å². The Morgan fingerprint density at radius 2 is 1.17 bits per heavy atom. The minimum atomic E-state index is -0.0760. The summed E-state index contributed by atoms with van der Waals surface area (Å²) >= 11 is 0. The predicted molar refractivity (Wildman–Crippen MR) is 101 cm³/mol. The second-order valence-electron chi connectivity index (χ2n) is 6.65. The van der Waals surface area contributed by atoms with Crippen LogP contribution in [0.2, 0.25) is 0 Å². The Bertz CT molecular complexity index is 343. The summed E-state index contributed by atoms with van der Waals surface area (Å²) in [6.45, 7) is 4.55. The summed E-state index contributed by atoms with van der Waals surface area (Å²) < 4.78 is 4.91. The van der Waals surface area contributed by atoms with Crippen molar-refractivity contribution in [3.8, 4) is 0 Å². The Hall–Kier alpha value is -1.08. The van der Waals surface area contributed by atoms with Crippen LogP contribution in [0.3, 0.4) is 0 Å². The molecule has 0 fully saturated rings. The summed E-state index contributed by atoms with van der Waals surface area (Å²) in [5.41, 5.74) is 0.979. The van der Waals surface area contributed by atoms with E-state index in [9.17, 15) is 9.59 Å². The number of unbranched alkanes of at least 4 members (excludes halogenated alkanes) is 10. The van der Waals surface area contributed by atoms with Gasteiger partial charge in [-0.3, -0.25) is 4.79 Å². The van der Waals surface area contributed by atoms with Crippen molar-refractivity contribution in [2.45, 2.75) is 110 Å². The molecule has 3 nitrogen and oxygen atoms in total. The van der Waals surface area contributed by atoms with Crippen LogP contribution in [0.4, 0.5) is 0 Å². The van der Waals surface area contributed by atoms with E-state index in [-0.39, 0.29) is 5.97 Å². The third-order valence-electron chi connectivity index (χ3n) is 4.39. The van der Waals surface area contributed by atoms with Crippen LogP contribution >= 0.6 is 0 Å². The number of hydrogen-bond acceptors (Lipinski definition) is 3. The van der Waals surface area contributed by atoms with Crippen LogP contribution in [-0.4, -0.2) is 18.5 Å². The molecule has 0 N–H and O–H groups in total. The molecule has 0 atom stereocenters. The summed E-state index contributed by atoms with van der Waals surface area (Å²) in [5.74, 6) is 2.08. The lowest BCUT2D eigenvalue weighted by molar-refractivity contribution is -0.143. The van der Waals surface area contributed by atoms with E-state index in [4.69, 9.17) is 4.74 Å². The summed E-state index contributed by atoms with van der Waals surface area (Å²) in [4.78, 5) is 22.2. The highest BCUT2D eigenvalue weighted by molar-refractivity contribution is 5.69. The molecule has 0 saturated heterocycles. The van der Waals surface area contributed by atoms with Crippen LogP contribution in [0.15, 0.2) is 5.57 Å². The van der Waals surface area contributed by atoms with Crippen molar-refractivity contribution in [3.05, 3.63) is 5.57 Å². The molecule has 0 radical (unpaired) electrons. The van der Waals surface area contributed by atoms with Gasteiger partial charge in [0.1, 0.15) is 5.94 Å². The lowest BCUT2D eigenvalue weighted by Gasteiger charge is -2.05. The normalized spacial score (nSPS) is 10.4. The molecule has 0 saturated carbocycles. The Kier molecular flexibility index (Phi) is 17.4. The van der Waals surface area contributed by atoms with Gasteiger partial charge in [-0.15, -0.1) is 0 Å². The highest BCUT2D eigenvalue weighted by Gasteiger charge is 2.02. The van der Waals surface area contributed by atoms with E-state index in [1.165, 1.54) is 44.9 Å². The second kappa shape index (κ2) is 18.3. The van der Waals surface area contributed by atoms with E-state index in [0.29, 0.717) is 13.0 Å². The molecule has 3 heteroatoms. The minimum Gasteiger partial charge on any atom is -0.466 e. The van der Waals surface area contributed by atoms with Gasteiger partial charge in [0.2, 0.25) is 0 Å². The number of hydrogen-bond donors (Lipinski definition) is 0. The predicted octanol–water partition coefficient (Wildman–Crippen LogP) is 6.18. The molecule has 24 heavy (non-hydrogen) atoms. The number of allylic oxidation sites excluding steroid dienone is 1. The topological polar surface area (TPSA) is 43.4 Å². The first-order valence-corrected chi connectivity index (χ1v) is 10.1. The summed E-state index contributed by atoms with van der Waals surface area (Å²) in [6, 6.07) is 0. The molecular formula is C21H38O3. The van der Waals surface area contributed by atoms with E-state index in [1.54, 1.807) is 0 Å². The maximum atomic E-state index is 11.2. The van der Waals surface area contributed by atoms with Crippen molar-refractivity contribution in [1.82, 2.24) is 0 Å². The van der Waals surface area contributed by atoms with Crippen molar-refractivity contribution in [2.24, 2.45) is 0 Å². The van der Waals surface area contributed by atoms with Gasteiger partial charge in [-0.2, -0.15) is 0 Å². The minimum absolute atomic E-state index is 0.0760. The first-order valence-electron chi connectivity index (χ1n) is 10.1. The lowest BCUT2D eigenvalue weighted by atomic mass is 10.0. The van der Waals surface area contributed by atoms with Crippen LogP contribution in [-0.2, 0) is 14.3 Å². The maximum Gasteiger partial charge on any atom is 0.305 e. The first-order chi connectivity index (χ1) is 11.7. The average molecular weight is 339 g/mol. The number of carbonyl (C=O) groups is 1. The smallest absolute Gasteiger partial charge is 0.305 e. The van der Waals surface area contributed by atoms with Crippen LogP contribution in [0.1, 0.15) is 110 Å². The molecule has 0 unspecified atom stereocenters. The molecule has 0 aromatic heterocycles. The summed E-state index contributed by atoms with van der Waals surface area (Å²) in [5, 5.41) is 0. The third-order valence-corrected chi connectivity index (χ3v) is 4.39. The van der Waals surface area contributed by atoms with Crippen molar-refractivity contribution in [1.29, 1.82) is 0 Å². The zero-order valence-electron chi connectivity index (χ0n) is 16.0. The van der Waals surface area contributed by atoms with Crippen molar-refractivity contribution < 1.29 is 14.3 Å². The molecule has 0 aromatic rings. The quantitative estimate of drug-likeness (QED) is 0.181. The molecule has 0 aliphatic carbocycles. The zero-order chi connectivity index (χ0) is 17.9. The number of rotatable bonds is 17. The molecule has 0 aliphatic heterocycles. The van der Waals surface area contributed by atoms with E-state index in [2.05, 4.69) is 12.9 Å².